The first-order chi connectivity index (χ1) is 7.67. The number of rotatable bonds is 5. The van der Waals surface area contributed by atoms with E-state index in [1.165, 1.54) is 7.11 Å². The predicted molar refractivity (Wildman–Crippen MR) is 59.0 cm³/mol. The summed E-state index contributed by atoms with van der Waals surface area (Å²) in [6.07, 6.45) is 0. The highest BCUT2D eigenvalue weighted by atomic mass is 35.5. The molecule has 0 aliphatic carbocycles. The number of hydrogen-bond donors (Lipinski definition) is 0. The molecule has 1 rings (SSSR count). The van der Waals surface area contributed by atoms with Gasteiger partial charge in [-0.05, 0) is 24.3 Å². The number of carbonyl (C=O) groups is 2. The number of esters is 1. The van der Waals surface area contributed by atoms with E-state index in [4.69, 9.17) is 16.3 Å². The van der Waals surface area contributed by atoms with Crippen molar-refractivity contribution in [2.24, 2.45) is 0 Å². The molecule has 0 aromatic heterocycles. The van der Waals surface area contributed by atoms with Gasteiger partial charge in [0.15, 0.2) is 12.4 Å². The SMILES string of the molecule is COC(=O)COc1ccc(C(=O)CCl)cc1. The number of alkyl halides is 1. The molecule has 0 saturated heterocycles. The fourth-order valence-corrected chi connectivity index (χ4v) is 1.17. The van der Waals surface area contributed by atoms with E-state index in [9.17, 15) is 9.59 Å². The lowest BCUT2D eigenvalue weighted by molar-refractivity contribution is -0.142. The summed E-state index contributed by atoms with van der Waals surface area (Å²) in [6, 6.07) is 6.39. The standard InChI is InChI=1S/C11H11ClO4/c1-15-11(14)7-16-9-4-2-8(3-5-9)10(13)6-12/h2-5H,6-7H2,1H3. The fourth-order valence-electron chi connectivity index (χ4n) is 1.02. The van der Waals surface area contributed by atoms with Gasteiger partial charge in [-0.25, -0.2) is 4.79 Å². The lowest BCUT2D eigenvalue weighted by atomic mass is 10.1. The van der Waals surface area contributed by atoms with Gasteiger partial charge in [-0.15, -0.1) is 11.6 Å². The molecule has 0 atom stereocenters. The van der Waals surface area contributed by atoms with Gasteiger partial charge < -0.3 is 9.47 Å². The van der Waals surface area contributed by atoms with Crippen molar-refractivity contribution >= 4 is 23.4 Å². The molecule has 16 heavy (non-hydrogen) atoms. The minimum atomic E-state index is -0.457. The van der Waals surface area contributed by atoms with Crippen LogP contribution in [-0.4, -0.2) is 31.3 Å². The zero-order valence-electron chi connectivity index (χ0n) is 8.73. The maximum Gasteiger partial charge on any atom is 0.343 e. The minimum absolute atomic E-state index is 0.0532. The van der Waals surface area contributed by atoms with Crippen LogP contribution in [0.4, 0.5) is 0 Å². The normalized spacial score (nSPS) is 9.62. The third kappa shape index (κ3) is 3.55. The Kier molecular flexibility index (Phi) is 4.79. The van der Waals surface area contributed by atoms with E-state index in [1.807, 2.05) is 0 Å². The third-order valence-corrected chi connectivity index (χ3v) is 2.12. The van der Waals surface area contributed by atoms with E-state index in [0.29, 0.717) is 11.3 Å². The zero-order chi connectivity index (χ0) is 12.0. The van der Waals surface area contributed by atoms with Crippen molar-refractivity contribution in [2.75, 3.05) is 19.6 Å². The van der Waals surface area contributed by atoms with Crippen molar-refractivity contribution in [1.82, 2.24) is 0 Å². The van der Waals surface area contributed by atoms with Crippen molar-refractivity contribution in [3.8, 4) is 5.75 Å². The maximum atomic E-state index is 11.2. The Morgan fingerprint density at radius 3 is 2.38 bits per heavy atom. The molecule has 0 spiro atoms. The van der Waals surface area contributed by atoms with Crippen LogP contribution in [0, 0.1) is 0 Å². The molecule has 0 amide bonds. The first-order valence-corrected chi connectivity index (χ1v) is 5.09. The van der Waals surface area contributed by atoms with Crippen LogP contribution < -0.4 is 4.74 Å². The van der Waals surface area contributed by atoms with Gasteiger partial charge in [0.2, 0.25) is 0 Å². The van der Waals surface area contributed by atoms with E-state index in [2.05, 4.69) is 4.74 Å². The summed E-state index contributed by atoms with van der Waals surface area (Å²) >= 11 is 5.41. The molecule has 0 bridgehead atoms. The van der Waals surface area contributed by atoms with Crippen LogP contribution in [0.15, 0.2) is 24.3 Å². The van der Waals surface area contributed by atoms with Crippen molar-refractivity contribution < 1.29 is 19.1 Å². The van der Waals surface area contributed by atoms with Crippen LogP contribution in [0.5, 0.6) is 5.75 Å². The van der Waals surface area contributed by atoms with E-state index < -0.39 is 5.97 Å². The Morgan fingerprint density at radius 1 is 1.25 bits per heavy atom. The predicted octanol–water partition coefficient (Wildman–Crippen LogP) is 1.66. The van der Waals surface area contributed by atoms with E-state index in [-0.39, 0.29) is 18.3 Å². The van der Waals surface area contributed by atoms with Crippen LogP contribution >= 0.6 is 11.6 Å². The fraction of sp³-hybridized carbons (Fsp3) is 0.273. The second-order valence-electron chi connectivity index (χ2n) is 2.95. The second-order valence-corrected chi connectivity index (χ2v) is 3.21. The molecule has 5 heteroatoms. The maximum absolute atomic E-state index is 11.2. The number of hydrogen-bond acceptors (Lipinski definition) is 4. The van der Waals surface area contributed by atoms with Crippen molar-refractivity contribution in [1.29, 1.82) is 0 Å². The molecular weight excluding hydrogens is 232 g/mol. The second kappa shape index (κ2) is 6.12. The summed E-state index contributed by atoms with van der Waals surface area (Å²) in [5.41, 5.74) is 0.514. The topological polar surface area (TPSA) is 52.6 Å². The number of methoxy groups -OCH3 is 1. The highest BCUT2D eigenvalue weighted by Crippen LogP contribution is 2.12. The van der Waals surface area contributed by atoms with Crippen LogP contribution in [-0.2, 0) is 9.53 Å². The molecule has 0 unspecified atom stereocenters. The zero-order valence-corrected chi connectivity index (χ0v) is 9.49. The van der Waals surface area contributed by atoms with Crippen LogP contribution in [0.1, 0.15) is 10.4 Å². The monoisotopic (exact) mass is 242 g/mol. The quantitative estimate of drug-likeness (QED) is 0.448. The largest absolute Gasteiger partial charge is 0.482 e. The molecular formula is C11H11ClO4. The van der Waals surface area contributed by atoms with E-state index in [0.717, 1.165) is 0 Å². The number of ketones is 1. The molecule has 0 aliphatic heterocycles. The van der Waals surface area contributed by atoms with Crippen LogP contribution in [0.2, 0.25) is 0 Å². The lowest BCUT2D eigenvalue weighted by Crippen LogP contribution is -2.12. The molecule has 0 radical (unpaired) electrons. The summed E-state index contributed by atoms with van der Waals surface area (Å²) in [4.78, 5) is 22.0. The minimum Gasteiger partial charge on any atom is -0.482 e. The van der Waals surface area contributed by atoms with Gasteiger partial charge >= 0.3 is 5.97 Å². The molecule has 4 nitrogen and oxygen atoms in total. The molecule has 0 heterocycles. The van der Waals surface area contributed by atoms with Gasteiger partial charge in [-0.3, -0.25) is 4.79 Å². The molecule has 0 fully saturated rings. The highest BCUT2D eigenvalue weighted by molar-refractivity contribution is 6.30. The highest BCUT2D eigenvalue weighted by Gasteiger charge is 2.05. The molecule has 1 aromatic carbocycles. The van der Waals surface area contributed by atoms with Gasteiger partial charge in [0.1, 0.15) is 5.75 Å². The van der Waals surface area contributed by atoms with Gasteiger partial charge in [-0.1, -0.05) is 0 Å². The summed E-state index contributed by atoms with van der Waals surface area (Å²) in [5, 5.41) is 0. The summed E-state index contributed by atoms with van der Waals surface area (Å²) in [5.74, 6) is -0.166. The average molecular weight is 243 g/mol. The molecule has 0 saturated carbocycles. The van der Waals surface area contributed by atoms with Crippen molar-refractivity contribution in [3.63, 3.8) is 0 Å². The third-order valence-electron chi connectivity index (χ3n) is 1.88. The Morgan fingerprint density at radius 2 is 1.88 bits per heavy atom. The van der Waals surface area contributed by atoms with Crippen LogP contribution in [0.3, 0.4) is 0 Å². The average Bonchev–Trinajstić information content (AvgIpc) is 2.35. The van der Waals surface area contributed by atoms with E-state index in [1.54, 1.807) is 24.3 Å². The van der Waals surface area contributed by atoms with Crippen molar-refractivity contribution in [2.45, 2.75) is 0 Å². The van der Waals surface area contributed by atoms with Gasteiger partial charge in [0.05, 0.1) is 13.0 Å². The first kappa shape index (κ1) is 12.5. The smallest absolute Gasteiger partial charge is 0.343 e. The van der Waals surface area contributed by atoms with E-state index >= 15 is 0 Å². The Hall–Kier alpha value is -1.55. The molecule has 86 valence electrons. The molecule has 1 aromatic rings. The number of Topliss-reactive ketones (excluding diaryl/α,β-unsaturated/α-hetero) is 1. The summed E-state index contributed by atoms with van der Waals surface area (Å²) < 4.78 is 9.52. The number of benzene rings is 1. The Balaban J connectivity index is 2.58. The lowest BCUT2D eigenvalue weighted by Gasteiger charge is -2.04. The Labute approximate surface area is 98.1 Å². The molecule has 0 N–H and O–H groups in total. The van der Waals surface area contributed by atoms with Gasteiger partial charge in [0.25, 0.3) is 0 Å². The van der Waals surface area contributed by atoms with Crippen molar-refractivity contribution in [3.05, 3.63) is 29.8 Å². The Bertz CT molecular complexity index is 372. The number of halogens is 1. The van der Waals surface area contributed by atoms with Gasteiger partial charge in [0, 0.05) is 5.56 Å². The number of ether oxygens (including phenoxy) is 2. The summed E-state index contributed by atoms with van der Waals surface area (Å²) in [6.45, 7) is -0.153. The van der Waals surface area contributed by atoms with Crippen LogP contribution in [0.25, 0.3) is 0 Å². The molecule has 0 aliphatic rings. The summed E-state index contributed by atoms with van der Waals surface area (Å²) in [7, 11) is 1.29. The first-order valence-electron chi connectivity index (χ1n) is 4.56. The number of carbonyl (C=O) groups excluding carboxylic acids is 2. The van der Waals surface area contributed by atoms with Gasteiger partial charge in [-0.2, -0.15) is 0 Å².